The van der Waals surface area contributed by atoms with Gasteiger partial charge in [0.05, 0.1) is 13.2 Å². The van der Waals surface area contributed by atoms with Gasteiger partial charge in [0, 0.05) is 14.0 Å². The second-order valence-corrected chi connectivity index (χ2v) is 5.21. The van der Waals surface area contributed by atoms with Crippen molar-refractivity contribution in [3.05, 3.63) is 11.8 Å². The number of ether oxygens (including phenoxy) is 4. The molecule has 0 aromatic heterocycles. The van der Waals surface area contributed by atoms with Crippen LogP contribution in [0.5, 0.6) is 0 Å². The fraction of sp³-hybridized carbons (Fsp3) is 0.786. The molecule has 2 fully saturated rings. The van der Waals surface area contributed by atoms with Crippen LogP contribution in [0.3, 0.4) is 0 Å². The molecule has 1 aliphatic heterocycles. The zero-order chi connectivity index (χ0) is 13.9. The van der Waals surface area contributed by atoms with E-state index in [0.29, 0.717) is 5.76 Å². The summed E-state index contributed by atoms with van der Waals surface area (Å²) in [5, 5.41) is 0. The van der Waals surface area contributed by atoms with Crippen molar-refractivity contribution in [1.82, 2.24) is 0 Å². The van der Waals surface area contributed by atoms with Crippen LogP contribution in [0.25, 0.3) is 0 Å². The maximum Gasteiger partial charge on any atom is 0.333 e. The third kappa shape index (κ3) is 2.92. The van der Waals surface area contributed by atoms with Gasteiger partial charge in [-0.05, 0) is 12.8 Å². The minimum absolute atomic E-state index is 0.428. The summed E-state index contributed by atoms with van der Waals surface area (Å²) in [7, 11) is 2.88. The number of hydrogen-bond acceptors (Lipinski definition) is 5. The SMILES string of the molecule is COC(=O)/C=C1/OC(C)(OC)OC12CCCCCC2. The predicted octanol–water partition coefficient (Wildman–Crippen LogP) is 2.50. The van der Waals surface area contributed by atoms with E-state index in [9.17, 15) is 4.79 Å². The highest BCUT2D eigenvalue weighted by Crippen LogP contribution is 2.47. The Morgan fingerprint density at radius 2 is 1.84 bits per heavy atom. The second-order valence-electron chi connectivity index (χ2n) is 5.21. The zero-order valence-corrected chi connectivity index (χ0v) is 11.9. The molecule has 1 saturated heterocycles. The maximum absolute atomic E-state index is 11.5. The minimum Gasteiger partial charge on any atom is -0.466 e. The Kier molecular flexibility index (Phi) is 4.16. The molecule has 0 aromatic carbocycles. The summed E-state index contributed by atoms with van der Waals surface area (Å²) in [4.78, 5) is 11.5. The molecule has 19 heavy (non-hydrogen) atoms. The van der Waals surface area contributed by atoms with Crippen molar-refractivity contribution in [2.45, 2.75) is 57.0 Å². The van der Waals surface area contributed by atoms with Crippen LogP contribution in [0.4, 0.5) is 0 Å². The first kappa shape index (κ1) is 14.3. The van der Waals surface area contributed by atoms with Crippen LogP contribution in [-0.2, 0) is 23.7 Å². The Balaban J connectivity index is 2.31. The number of carbonyl (C=O) groups is 1. The molecule has 0 bridgehead atoms. The molecule has 1 unspecified atom stereocenters. The molecule has 0 aromatic rings. The third-order valence-electron chi connectivity index (χ3n) is 3.86. The van der Waals surface area contributed by atoms with Crippen LogP contribution in [0.2, 0.25) is 0 Å². The lowest BCUT2D eigenvalue weighted by Gasteiger charge is -2.27. The van der Waals surface area contributed by atoms with Crippen molar-refractivity contribution in [2.24, 2.45) is 0 Å². The molecule has 2 aliphatic rings. The van der Waals surface area contributed by atoms with Crippen LogP contribution < -0.4 is 0 Å². The lowest BCUT2D eigenvalue weighted by atomic mass is 9.92. The van der Waals surface area contributed by atoms with Crippen molar-refractivity contribution in [2.75, 3.05) is 14.2 Å². The fourth-order valence-electron chi connectivity index (χ4n) is 2.78. The monoisotopic (exact) mass is 270 g/mol. The van der Waals surface area contributed by atoms with Gasteiger partial charge in [-0.1, -0.05) is 25.7 Å². The summed E-state index contributed by atoms with van der Waals surface area (Å²) in [6.45, 7) is 1.72. The van der Waals surface area contributed by atoms with Crippen molar-refractivity contribution in [1.29, 1.82) is 0 Å². The molecule has 108 valence electrons. The van der Waals surface area contributed by atoms with Gasteiger partial charge in [-0.15, -0.1) is 0 Å². The van der Waals surface area contributed by atoms with Gasteiger partial charge in [-0.3, -0.25) is 0 Å². The van der Waals surface area contributed by atoms with Crippen LogP contribution in [0, 0.1) is 0 Å². The number of methoxy groups -OCH3 is 2. The number of hydrogen-bond donors (Lipinski definition) is 0. The van der Waals surface area contributed by atoms with E-state index in [4.69, 9.17) is 14.2 Å². The Hall–Kier alpha value is -1.07. The molecular formula is C14H22O5. The van der Waals surface area contributed by atoms with E-state index in [0.717, 1.165) is 25.7 Å². The van der Waals surface area contributed by atoms with Crippen molar-refractivity contribution < 1.29 is 23.7 Å². The molecular weight excluding hydrogens is 248 g/mol. The predicted molar refractivity (Wildman–Crippen MR) is 68.1 cm³/mol. The Morgan fingerprint density at radius 3 is 2.37 bits per heavy atom. The van der Waals surface area contributed by atoms with E-state index >= 15 is 0 Å². The molecule has 1 atom stereocenters. The van der Waals surface area contributed by atoms with E-state index in [1.54, 1.807) is 6.92 Å². The average molecular weight is 270 g/mol. The van der Waals surface area contributed by atoms with Gasteiger partial charge < -0.3 is 18.9 Å². The van der Waals surface area contributed by atoms with E-state index in [1.165, 1.54) is 33.1 Å². The smallest absolute Gasteiger partial charge is 0.333 e. The first-order valence-corrected chi connectivity index (χ1v) is 6.78. The molecule has 5 nitrogen and oxygen atoms in total. The van der Waals surface area contributed by atoms with Gasteiger partial charge in [0.15, 0.2) is 0 Å². The molecule has 1 spiro atoms. The third-order valence-corrected chi connectivity index (χ3v) is 3.86. The maximum atomic E-state index is 11.5. The molecule has 1 heterocycles. The van der Waals surface area contributed by atoms with Crippen LogP contribution in [-0.4, -0.2) is 31.8 Å². The van der Waals surface area contributed by atoms with Crippen LogP contribution >= 0.6 is 0 Å². The lowest BCUT2D eigenvalue weighted by Crippen LogP contribution is -2.35. The van der Waals surface area contributed by atoms with Crippen molar-refractivity contribution in [3.8, 4) is 0 Å². The van der Waals surface area contributed by atoms with Crippen LogP contribution in [0.1, 0.15) is 45.4 Å². The van der Waals surface area contributed by atoms with E-state index in [2.05, 4.69) is 4.74 Å². The number of esters is 1. The fourth-order valence-corrected chi connectivity index (χ4v) is 2.78. The standard InChI is InChI=1S/C14H22O5/c1-13(17-3)18-11(10-12(15)16-2)14(19-13)8-6-4-5-7-9-14/h10H,4-9H2,1-3H3/b11-10+. The van der Waals surface area contributed by atoms with Gasteiger partial charge in [-0.2, -0.15) is 0 Å². The quantitative estimate of drug-likeness (QED) is 0.570. The summed E-state index contributed by atoms with van der Waals surface area (Å²) >= 11 is 0. The minimum atomic E-state index is -1.12. The van der Waals surface area contributed by atoms with Gasteiger partial charge in [0.2, 0.25) is 0 Å². The summed E-state index contributed by atoms with van der Waals surface area (Å²) in [5.74, 6) is -1.02. The number of carbonyl (C=O) groups excluding carboxylic acids is 1. The molecule has 1 saturated carbocycles. The van der Waals surface area contributed by atoms with Gasteiger partial charge >= 0.3 is 11.9 Å². The summed E-state index contributed by atoms with van der Waals surface area (Å²) in [6.07, 6.45) is 7.54. The highest BCUT2D eigenvalue weighted by molar-refractivity contribution is 5.82. The van der Waals surface area contributed by atoms with Crippen LogP contribution in [0.15, 0.2) is 11.8 Å². The molecule has 2 rings (SSSR count). The highest BCUT2D eigenvalue weighted by atomic mass is 16.9. The molecule has 0 N–H and O–H groups in total. The van der Waals surface area contributed by atoms with Gasteiger partial charge in [0.25, 0.3) is 0 Å². The molecule has 5 heteroatoms. The van der Waals surface area contributed by atoms with Crippen molar-refractivity contribution >= 4 is 5.97 Å². The Morgan fingerprint density at radius 1 is 1.21 bits per heavy atom. The Labute approximate surface area is 113 Å². The summed E-state index contributed by atoms with van der Waals surface area (Å²) in [6, 6.07) is 0. The van der Waals surface area contributed by atoms with E-state index < -0.39 is 17.5 Å². The second kappa shape index (κ2) is 5.51. The first-order chi connectivity index (χ1) is 9.03. The average Bonchev–Trinajstić information content (AvgIpc) is 2.56. The lowest BCUT2D eigenvalue weighted by molar-refractivity contribution is -0.322. The molecule has 1 aliphatic carbocycles. The normalized spacial score (nSPS) is 32.1. The first-order valence-electron chi connectivity index (χ1n) is 6.78. The van der Waals surface area contributed by atoms with E-state index in [1.807, 2.05) is 0 Å². The largest absolute Gasteiger partial charge is 0.466 e. The highest BCUT2D eigenvalue weighted by Gasteiger charge is 2.53. The van der Waals surface area contributed by atoms with Gasteiger partial charge in [-0.25, -0.2) is 4.79 Å². The summed E-state index contributed by atoms with van der Waals surface area (Å²) in [5.41, 5.74) is -0.546. The summed E-state index contributed by atoms with van der Waals surface area (Å²) < 4.78 is 21.7. The molecule has 0 amide bonds. The number of rotatable bonds is 2. The zero-order valence-electron chi connectivity index (χ0n) is 11.9. The topological polar surface area (TPSA) is 54.0 Å². The van der Waals surface area contributed by atoms with Gasteiger partial charge in [0.1, 0.15) is 11.4 Å². The Bertz CT molecular complexity index is 368. The van der Waals surface area contributed by atoms with E-state index in [-0.39, 0.29) is 0 Å². The molecule has 0 radical (unpaired) electrons. The van der Waals surface area contributed by atoms with Crippen molar-refractivity contribution in [3.63, 3.8) is 0 Å².